The van der Waals surface area contributed by atoms with Crippen molar-refractivity contribution in [1.29, 1.82) is 0 Å². The van der Waals surface area contributed by atoms with Crippen molar-refractivity contribution < 1.29 is 9.18 Å². The van der Waals surface area contributed by atoms with Gasteiger partial charge in [-0.05, 0) is 37.5 Å². The van der Waals surface area contributed by atoms with Gasteiger partial charge in [0.25, 0.3) is 0 Å². The molecule has 2 N–H and O–H groups in total. The van der Waals surface area contributed by atoms with E-state index in [0.29, 0.717) is 0 Å². The zero-order chi connectivity index (χ0) is 10.8. The number of urea groups is 1. The average Bonchev–Trinajstić information content (AvgIpc) is 2.94. The van der Waals surface area contributed by atoms with E-state index in [0.717, 1.165) is 18.4 Å². The minimum atomic E-state index is -0.402. The largest absolute Gasteiger partial charge is 0.335 e. The fourth-order valence-corrected chi connectivity index (χ4v) is 1.29. The van der Waals surface area contributed by atoms with Gasteiger partial charge in [-0.1, -0.05) is 6.07 Å². The number of carbonyl (C=O) groups is 1. The Morgan fingerprint density at radius 1 is 1.47 bits per heavy atom. The molecule has 0 bridgehead atoms. The van der Waals surface area contributed by atoms with Crippen molar-refractivity contribution in [3.05, 3.63) is 29.6 Å². The number of amides is 2. The summed E-state index contributed by atoms with van der Waals surface area (Å²) >= 11 is 0. The Hall–Kier alpha value is -1.58. The molecule has 1 saturated carbocycles. The summed E-state index contributed by atoms with van der Waals surface area (Å²) in [6, 6.07) is 4.67. The van der Waals surface area contributed by atoms with E-state index in [-0.39, 0.29) is 17.8 Å². The van der Waals surface area contributed by atoms with Crippen molar-refractivity contribution in [2.24, 2.45) is 0 Å². The number of halogens is 1. The van der Waals surface area contributed by atoms with Gasteiger partial charge in [-0.2, -0.15) is 0 Å². The van der Waals surface area contributed by atoms with Crippen molar-refractivity contribution in [3.63, 3.8) is 0 Å². The first-order valence-corrected chi connectivity index (χ1v) is 4.99. The number of aryl methyl sites for hydroxylation is 1. The Morgan fingerprint density at radius 2 is 2.20 bits per heavy atom. The van der Waals surface area contributed by atoms with Gasteiger partial charge >= 0.3 is 6.03 Å². The third-order valence-corrected chi connectivity index (χ3v) is 2.29. The minimum absolute atomic E-state index is 0.221. The van der Waals surface area contributed by atoms with Crippen LogP contribution in [-0.4, -0.2) is 12.1 Å². The molecule has 1 aliphatic carbocycles. The van der Waals surface area contributed by atoms with Crippen molar-refractivity contribution in [2.45, 2.75) is 25.8 Å². The maximum Gasteiger partial charge on any atom is 0.319 e. The third-order valence-electron chi connectivity index (χ3n) is 2.29. The fourth-order valence-electron chi connectivity index (χ4n) is 1.29. The minimum Gasteiger partial charge on any atom is -0.335 e. The van der Waals surface area contributed by atoms with Gasteiger partial charge in [0, 0.05) is 6.04 Å². The van der Waals surface area contributed by atoms with Crippen LogP contribution in [-0.2, 0) is 0 Å². The quantitative estimate of drug-likeness (QED) is 0.770. The first-order valence-electron chi connectivity index (χ1n) is 4.99. The van der Waals surface area contributed by atoms with Crippen molar-refractivity contribution in [3.8, 4) is 0 Å². The fraction of sp³-hybridized carbons (Fsp3) is 0.364. The molecule has 0 spiro atoms. The van der Waals surface area contributed by atoms with Gasteiger partial charge < -0.3 is 10.6 Å². The molecule has 0 aromatic heterocycles. The summed E-state index contributed by atoms with van der Waals surface area (Å²) in [4.78, 5) is 11.3. The van der Waals surface area contributed by atoms with Gasteiger partial charge in [0.05, 0.1) is 5.69 Å². The van der Waals surface area contributed by atoms with Crippen LogP contribution in [0.25, 0.3) is 0 Å². The van der Waals surface area contributed by atoms with Gasteiger partial charge in [0.1, 0.15) is 5.82 Å². The van der Waals surface area contributed by atoms with Crippen molar-refractivity contribution in [2.75, 3.05) is 5.32 Å². The SMILES string of the molecule is Cc1ccc(NC(=O)NC2CC2)c(F)c1. The first kappa shape index (κ1) is 9.96. The van der Waals surface area contributed by atoms with Crippen LogP contribution >= 0.6 is 0 Å². The molecule has 0 saturated heterocycles. The molecular formula is C11H13FN2O. The van der Waals surface area contributed by atoms with E-state index in [4.69, 9.17) is 0 Å². The highest BCUT2D eigenvalue weighted by molar-refractivity contribution is 5.89. The van der Waals surface area contributed by atoms with Crippen LogP contribution in [0.15, 0.2) is 18.2 Å². The van der Waals surface area contributed by atoms with Gasteiger partial charge in [-0.25, -0.2) is 9.18 Å². The van der Waals surface area contributed by atoms with Crippen molar-refractivity contribution in [1.82, 2.24) is 5.32 Å². The lowest BCUT2D eigenvalue weighted by Crippen LogP contribution is -2.30. The molecule has 15 heavy (non-hydrogen) atoms. The van der Waals surface area contributed by atoms with Crippen LogP contribution in [0.3, 0.4) is 0 Å². The van der Waals surface area contributed by atoms with Crippen molar-refractivity contribution >= 4 is 11.7 Å². The van der Waals surface area contributed by atoms with Crippen LogP contribution in [0.2, 0.25) is 0 Å². The number of benzene rings is 1. The second kappa shape index (κ2) is 3.88. The molecule has 3 nitrogen and oxygen atoms in total. The monoisotopic (exact) mass is 208 g/mol. The number of hydrogen-bond donors (Lipinski definition) is 2. The molecule has 0 unspecified atom stereocenters. The van der Waals surface area contributed by atoms with E-state index in [1.807, 2.05) is 0 Å². The van der Waals surface area contributed by atoms with Gasteiger partial charge in [-0.3, -0.25) is 0 Å². The highest BCUT2D eigenvalue weighted by Gasteiger charge is 2.23. The summed E-state index contributed by atoms with van der Waals surface area (Å²) in [5.41, 5.74) is 1.06. The van der Waals surface area contributed by atoms with Crippen LogP contribution in [0.1, 0.15) is 18.4 Å². The molecule has 1 fully saturated rings. The second-order valence-electron chi connectivity index (χ2n) is 3.86. The zero-order valence-electron chi connectivity index (χ0n) is 8.51. The number of nitrogens with one attached hydrogen (secondary N) is 2. The van der Waals surface area contributed by atoms with E-state index in [1.54, 1.807) is 19.1 Å². The molecule has 1 aromatic carbocycles. The molecule has 2 amide bonds. The van der Waals surface area contributed by atoms with Crippen LogP contribution in [0, 0.1) is 12.7 Å². The van der Waals surface area contributed by atoms with E-state index < -0.39 is 5.82 Å². The summed E-state index contributed by atoms with van der Waals surface area (Å²) < 4.78 is 13.3. The standard InChI is InChI=1S/C11H13FN2O/c1-7-2-5-10(9(12)6-7)14-11(15)13-8-3-4-8/h2,5-6,8H,3-4H2,1H3,(H2,13,14,15). The number of carbonyl (C=O) groups excluding carboxylic acids is 1. The topological polar surface area (TPSA) is 41.1 Å². The first-order chi connectivity index (χ1) is 7.15. The Labute approximate surface area is 87.7 Å². The smallest absolute Gasteiger partial charge is 0.319 e. The number of anilines is 1. The Kier molecular flexibility index (Phi) is 2.58. The lowest BCUT2D eigenvalue weighted by Gasteiger charge is -2.07. The molecule has 0 aliphatic heterocycles. The van der Waals surface area contributed by atoms with E-state index in [2.05, 4.69) is 10.6 Å². The third kappa shape index (κ3) is 2.68. The summed E-state index contributed by atoms with van der Waals surface area (Å²) in [6.45, 7) is 1.80. The van der Waals surface area contributed by atoms with Crippen LogP contribution < -0.4 is 10.6 Å². The molecule has 4 heteroatoms. The predicted molar refractivity (Wildman–Crippen MR) is 56.3 cm³/mol. The van der Waals surface area contributed by atoms with E-state index in [9.17, 15) is 9.18 Å². The molecule has 0 atom stereocenters. The Balaban J connectivity index is 1.99. The van der Waals surface area contributed by atoms with Gasteiger partial charge in [0.2, 0.25) is 0 Å². The zero-order valence-corrected chi connectivity index (χ0v) is 8.51. The predicted octanol–water partition coefficient (Wildman–Crippen LogP) is 2.42. The average molecular weight is 208 g/mol. The van der Waals surface area contributed by atoms with E-state index in [1.165, 1.54) is 6.07 Å². The summed E-state index contributed by atoms with van der Waals surface area (Å²) in [5.74, 6) is -0.402. The number of rotatable bonds is 2. The highest BCUT2D eigenvalue weighted by Crippen LogP contribution is 2.19. The molecule has 1 aliphatic rings. The lowest BCUT2D eigenvalue weighted by atomic mass is 10.2. The second-order valence-corrected chi connectivity index (χ2v) is 3.86. The molecule has 1 aromatic rings. The lowest BCUT2D eigenvalue weighted by molar-refractivity contribution is 0.251. The number of hydrogen-bond acceptors (Lipinski definition) is 1. The van der Waals surface area contributed by atoms with Gasteiger partial charge in [-0.15, -0.1) is 0 Å². The summed E-state index contributed by atoms with van der Waals surface area (Å²) in [5, 5.41) is 5.21. The van der Waals surface area contributed by atoms with Gasteiger partial charge in [0.15, 0.2) is 0 Å². The molecule has 0 heterocycles. The molecule has 80 valence electrons. The highest BCUT2D eigenvalue weighted by atomic mass is 19.1. The summed E-state index contributed by atoms with van der Waals surface area (Å²) in [7, 11) is 0. The Bertz CT molecular complexity index is 388. The molecule has 0 radical (unpaired) electrons. The van der Waals surface area contributed by atoms with Crippen LogP contribution in [0.5, 0.6) is 0 Å². The summed E-state index contributed by atoms with van der Waals surface area (Å²) in [6.07, 6.45) is 2.04. The molecule has 2 rings (SSSR count). The normalized spacial score (nSPS) is 14.8. The Morgan fingerprint density at radius 3 is 2.80 bits per heavy atom. The maximum absolute atomic E-state index is 13.3. The molecular weight excluding hydrogens is 195 g/mol. The van der Waals surface area contributed by atoms with E-state index >= 15 is 0 Å². The maximum atomic E-state index is 13.3. The van der Waals surface area contributed by atoms with Crippen LogP contribution in [0.4, 0.5) is 14.9 Å².